The molecule has 2 heterocycles. The molecule has 3 rings (SSSR count). The Morgan fingerprint density at radius 2 is 1.88 bits per heavy atom. The molecule has 0 saturated heterocycles. The molecule has 0 amide bonds. The molecule has 5 heteroatoms. The molecule has 0 aliphatic heterocycles. The van der Waals surface area contributed by atoms with Crippen molar-refractivity contribution in [3.8, 4) is 11.3 Å². The van der Waals surface area contributed by atoms with Gasteiger partial charge in [-0.2, -0.15) is 0 Å². The van der Waals surface area contributed by atoms with Crippen molar-refractivity contribution < 1.29 is 9.90 Å². The number of hydrogen-bond donors (Lipinski definition) is 3. The van der Waals surface area contributed by atoms with Crippen LogP contribution in [0.1, 0.15) is 27.5 Å². The normalized spacial score (nSPS) is 12.0. The monoisotopic (exact) mass is 321 g/mol. The Balaban J connectivity index is 1.98. The molecule has 0 aliphatic rings. The number of carboxylic acid groups (broad SMARTS) is 1. The fourth-order valence-corrected chi connectivity index (χ4v) is 2.86. The average Bonchev–Trinajstić information content (AvgIpc) is 3.07. The predicted molar refractivity (Wildman–Crippen MR) is 92.9 cm³/mol. The lowest BCUT2D eigenvalue weighted by molar-refractivity contribution is 0.0695. The molecule has 0 spiro atoms. The Hall–Kier alpha value is -2.92. The number of nitrogens with one attached hydrogen (secondary N) is 1. The summed E-state index contributed by atoms with van der Waals surface area (Å²) in [6, 6.07) is 15.3. The van der Waals surface area contributed by atoms with Gasteiger partial charge < -0.3 is 15.8 Å². The van der Waals surface area contributed by atoms with E-state index in [1.807, 2.05) is 42.5 Å². The standard InChI is InChI=1S/C19H19N3O2/c20-12-15(10-13-4-2-1-3-5-13)18-16(19(23)24)11-17(22-18)14-6-8-21-9-7-14/h1-9,11,15,22H,10,12,20H2,(H,23,24). The molecule has 24 heavy (non-hydrogen) atoms. The third kappa shape index (κ3) is 3.36. The largest absolute Gasteiger partial charge is 0.478 e. The molecule has 0 fully saturated rings. The highest BCUT2D eigenvalue weighted by molar-refractivity contribution is 5.91. The number of hydrogen-bond acceptors (Lipinski definition) is 3. The highest BCUT2D eigenvalue weighted by Gasteiger charge is 2.22. The van der Waals surface area contributed by atoms with Crippen molar-refractivity contribution in [2.24, 2.45) is 5.73 Å². The third-order valence-corrected chi connectivity index (χ3v) is 4.09. The summed E-state index contributed by atoms with van der Waals surface area (Å²) in [5, 5.41) is 9.56. The SMILES string of the molecule is NCC(Cc1ccccc1)c1[nH]c(-c2ccncc2)cc1C(=O)O. The summed E-state index contributed by atoms with van der Waals surface area (Å²) in [4.78, 5) is 18.9. The van der Waals surface area contributed by atoms with E-state index < -0.39 is 5.97 Å². The maximum atomic E-state index is 11.7. The molecule has 122 valence electrons. The van der Waals surface area contributed by atoms with Gasteiger partial charge in [0.2, 0.25) is 0 Å². The minimum Gasteiger partial charge on any atom is -0.478 e. The van der Waals surface area contributed by atoms with Crippen molar-refractivity contribution in [3.05, 3.63) is 77.7 Å². The van der Waals surface area contributed by atoms with Gasteiger partial charge in [-0.25, -0.2) is 4.79 Å². The highest BCUT2D eigenvalue weighted by Crippen LogP contribution is 2.28. The second-order valence-corrected chi connectivity index (χ2v) is 5.67. The lowest BCUT2D eigenvalue weighted by atomic mass is 9.94. The van der Waals surface area contributed by atoms with Gasteiger partial charge >= 0.3 is 5.97 Å². The molecule has 1 unspecified atom stereocenters. The summed E-state index contributed by atoms with van der Waals surface area (Å²) in [5.74, 6) is -1.04. The quantitative estimate of drug-likeness (QED) is 0.650. The fraction of sp³-hybridized carbons (Fsp3) is 0.158. The van der Waals surface area contributed by atoms with E-state index in [2.05, 4.69) is 9.97 Å². The molecule has 1 aromatic carbocycles. The van der Waals surface area contributed by atoms with E-state index in [4.69, 9.17) is 5.73 Å². The first-order chi connectivity index (χ1) is 11.7. The van der Waals surface area contributed by atoms with Gasteiger partial charge in [0.1, 0.15) is 0 Å². The minimum absolute atomic E-state index is 0.0888. The molecule has 0 saturated carbocycles. The number of carboxylic acids is 1. The Bertz CT molecular complexity index is 813. The average molecular weight is 321 g/mol. The zero-order valence-corrected chi connectivity index (χ0v) is 13.1. The van der Waals surface area contributed by atoms with Gasteiger partial charge in [0.25, 0.3) is 0 Å². The van der Waals surface area contributed by atoms with Gasteiger partial charge in [-0.15, -0.1) is 0 Å². The molecule has 3 aromatic rings. The Labute approximate surface area is 140 Å². The molecule has 4 N–H and O–H groups in total. The maximum Gasteiger partial charge on any atom is 0.337 e. The smallest absolute Gasteiger partial charge is 0.337 e. The second kappa shape index (κ2) is 7.10. The van der Waals surface area contributed by atoms with Crippen LogP contribution in [0.4, 0.5) is 0 Å². The number of aromatic nitrogens is 2. The first kappa shape index (κ1) is 16.0. The van der Waals surface area contributed by atoms with Gasteiger partial charge in [-0.05, 0) is 30.2 Å². The number of carbonyl (C=O) groups is 1. The Kier molecular flexibility index (Phi) is 4.72. The van der Waals surface area contributed by atoms with E-state index in [1.54, 1.807) is 18.5 Å². The van der Waals surface area contributed by atoms with Crippen molar-refractivity contribution in [1.82, 2.24) is 9.97 Å². The van der Waals surface area contributed by atoms with Crippen LogP contribution in [0.15, 0.2) is 60.9 Å². The van der Waals surface area contributed by atoms with Crippen LogP contribution in [0.25, 0.3) is 11.3 Å². The van der Waals surface area contributed by atoms with Crippen LogP contribution in [0.5, 0.6) is 0 Å². The molecular weight excluding hydrogens is 302 g/mol. The summed E-state index contributed by atoms with van der Waals surface area (Å²) in [5.41, 5.74) is 9.67. The summed E-state index contributed by atoms with van der Waals surface area (Å²) in [6.45, 7) is 0.367. The van der Waals surface area contributed by atoms with Crippen molar-refractivity contribution in [2.75, 3.05) is 6.54 Å². The van der Waals surface area contributed by atoms with Crippen molar-refractivity contribution in [1.29, 1.82) is 0 Å². The minimum atomic E-state index is -0.951. The van der Waals surface area contributed by atoms with Gasteiger partial charge in [0, 0.05) is 41.8 Å². The number of nitrogens with two attached hydrogens (primary N) is 1. The summed E-state index contributed by atoms with van der Waals surface area (Å²) >= 11 is 0. The van der Waals surface area contributed by atoms with E-state index in [-0.39, 0.29) is 11.5 Å². The molecule has 0 aliphatic carbocycles. The number of nitrogens with zero attached hydrogens (tertiary/aromatic N) is 1. The van der Waals surface area contributed by atoms with Crippen LogP contribution in [0, 0.1) is 0 Å². The van der Waals surface area contributed by atoms with E-state index in [1.165, 1.54) is 0 Å². The van der Waals surface area contributed by atoms with E-state index >= 15 is 0 Å². The third-order valence-electron chi connectivity index (χ3n) is 4.09. The number of aromatic amines is 1. The second-order valence-electron chi connectivity index (χ2n) is 5.67. The van der Waals surface area contributed by atoms with Crippen LogP contribution in [-0.2, 0) is 6.42 Å². The number of aromatic carboxylic acids is 1. The van der Waals surface area contributed by atoms with Gasteiger partial charge in [-0.3, -0.25) is 4.98 Å². The van der Waals surface area contributed by atoms with Gasteiger partial charge in [0.05, 0.1) is 5.56 Å². The zero-order valence-electron chi connectivity index (χ0n) is 13.1. The van der Waals surface area contributed by atoms with Crippen LogP contribution in [0.2, 0.25) is 0 Å². The number of rotatable bonds is 6. The number of pyridine rings is 1. The summed E-state index contributed by atoms with van der Waals surface area (Å²) < 4.78 is 0. The van der Waals surface area contributed by atoms with Crippen molar-refractivity contribution in [2.45, 2.75) is 12.3 Å². The fourth-order valence-electron chi connectivity index (χ4n) is 2.86. The first-order valence-corrected chi connectivity index (χ1v) is 7.79. The van der Waals surface area contributed by atoms with E-state index in [9.17, 15) is 9.90 Å². The van der Waals surface area contributed by atoms with E-state index in [0.29, 0.717) is 18.7 Å². The lowest BCUT2D eigenvalue weighted by Gasteiger charge is -2.15. The zero-order chi connectivity index (χ0) is 16.9. The molecule has 1 atom stereocenters. The van der Waals surface area contributed by atoms with Crippen LogP contribution < -0.4 is 5.73 Å². The number of benzene rings is 1. The molecular formula is C19H19N3O2. The maximum absolute atomic E-state index is 11.7. The Morgan fingerprint density at radius 1 is 1.17 bits per heavy atom. The Morgan fingerprint density at radius 3 is 2.50 bits per heavy atom. The molecule has 5 nitrogen and oxygen atoms in total. The molecule has 0 radical (unpaired) electrons. The van der Waals surface area contributed by atoms with Crippen molar-refractivity contribution in [3.63, 3.8) is 0 Å². The first-order valence-electron chi connectivity index (χ1n) is 7.79. The van der Waals surface area contributed by atoms with Gasteiger partial charge in [0.15, 0.2) is 0 Å². The summed E-state index contributed by atoms with van der Waals surface area (Å²) in [7, 11) is 0. The highest BCUT2D eigenvalue weighted by atomic mass is 16.4. The van der Waals surface area contributed by atoms with Crippen LogP contribution >= 0.6 is 0 Å². The summed E-state index contributed by atoms with van der Waals surface area (Å²) in [6.07, 6.45) is 4.05. The van der Waals surface area contributed by atoms with Crippen molar-refractivity contribution >= 4 is 5.97 Å². The molecule has 0 bridgehead atoms. The number of H-pyrrole nitrogens is 1. The topological polar surface area (TPSA) is 92.0 Å². The van der Waals surface area contributed by atoms with Gasteiger partial charge in [-0.1, -0.05) is 30.3 Å². The van der Waals surface area contributed by atoms with E-state index in [0.717, 1.165) is 16.8 Å². The molecule has 2 aromatic heterocycles. The van der Waals surface area contributed by atoms with Crippen LogP contribution in [0.3, 0.4) is 0 Å². The predicted octanol–water partition coefficient (Wildman–Crippen LogP) is 3.06. The lowest BCUT2D eigenvalue weighted by Crippen LogP contribution is -2.18. The van der Waals surface area contributed by atoms with Crippen LogP contribution in [-0.4, -0.2) is 27.6 Å².